The molecule has 4 aromatic rings. The number of nitrogens with zero attached hydrogens (tertiary/aromatic N) is 3. The first-order valence-electron chi connectivity index (χ1n) is 12.5. The number of aromatic carboxylic acids is 1. The molecule has 0 spiro atoms. The average Bonchev–Trinajstić information content (AvgIpc) is 3.46. The third-order valence-electron chi connectivity index (χ3n) is 7.27. The fourth-order valence-electron chi connectivity index (χ4n) is 5.42. The number of aromatic nitrogens is 2. The number of carboxylic acids is 1. The topological polar surface area (TPSA) is 102 Å². The van der Waals surface area contributed by atoms with Crippen molar-refractivity contribution in [2.45, 2.75) is 19.9 Å². The van der Waals surface area contributed by atoms with E-state index in [4.69, 9.17) is 21.1 Å². The van der Waals surface area contributed by atoms with E-state index in [1.165, 1.54) is 0 Å². The zero-order valence-electron chi connectivity index (χ0n) is 21.3. The van der Waals surface area contributed by atoms with Crippen LogP contribution in [0.15, 0.2) is 54.6 Å². The van der Waals surface area contributed by atoms with Crippen LogP contribution in [0, 0.1) is 6.92 Å². The van der Waals surface area contributed by atoms with Crippen LogP contribution in [0.5, 0.6) is 5.75 Å². The van der Waals surface area contributed by atoms with Gasteiger partial charge in [0.15, 0.2) is 5.69 Å². The lowest BCUT2D eigenvalue weighted by Gasteiger charge is -2.21. The van der Waals surface area contributed by atoms with Gasteiger partial charge in [0, 0.05) is 46.5 Å². The lowest BCUT2D eigenvalue weighted by Crippen LogP contribution is -2.24. The van der Waals surface area contributed by atoms with Gasteiger partial charge in [-0.05, 0) is 59.5 Å². The molecule has 9 heteroatoms. The Bertz CT molecular complexity index is 1670. The van der Waals surface area contributed by atoms with Crippen molar-refractivity contribution in [1.82, 2.24) is 10.2 Å². The Balaban J connectivity index is 1.44. The Morgan fingerprint density at radius 3 is 2.67 bits per heavy atom. The van der Waals surface area contributed by atoms with Crippen molar-refractivity contribution in [3.63, 3.8) is 0 Å². The highest BCUT2D eigenvalue weighted by atomic mass is 35.5. The molecule has 1 amide bonds. The maximum atomic E-state index is 13.3. The molecule has 0 radical (unpaired) electrons. The van der Waals surface area contributed by atoms with Gasteiger partial charge in [-0.25, -0.2) is 4.79 Å². The monoisotopic (exact) mass is 541 g/mol. The summed E-state index contributed by atoms with van der Waals surface area (Å²) in [5.41, 5.74) is 7.58. The van der Waals surface area contributed by atoms with Crippen molar-refractivity contribution in [2.75, 3.05) is 25.2 Å². The second-order valence-electron chi connectivity index (χ2n) is 9.54. The highest BCUT2D eigenvalue weighted by molar-refractivity contribution is 6.31. The van der Waals surface area contributed by atoms with E-state index in [9.17, 15) is 14.7 Å². The summed E-state index contributed by atoms with van der Waals surface area (Å²) in [5, 5.41) is 18.9. The third kappa shape index (κ3) is 4.22. The highest BCUT2D eigenvalue weighted by Crippen LogP contribution is 2.46. The minimum absolute atomic E-state index is 0.0670. The Hall–Kier alpha value is -4.27. The van der Waals surface area contributed by atoms with Crippen molar-refractivity contribution >= 4 is 29.2 Å². The summed E-state index contributed by atoms with van der Waals surface area (Å²) in [5.74, 6) is -0.556. The van der Waals surface area contributed by atoms with Crippen LogP contribution < -0.4 is 9.64 Å². The Morgan fingerprint density at radius 2 is 1.87 bits per heavy atom. The number of benzene rings is 3. The molecule has 0 saturated carbocycles. The number of halogens is 1. The van der Waals surface area contributed by atoms with Crippen LogP contribution in [0.1, 0.15) is 43.1 Å². The highest BCUT2D eigenvalue weighted by Gasteiger charge is 2.33. The first kappa shape index (κ1) is 25.0. The first-order valence-corrected chi connectivity index (χ1v) is 12.8. The van der Waals surface area contributed by atoms with Gasteiger partial charge in [0.25, 0.3) is 5.91 Å². The Morgan fingerprint density at radius 1 is 1.03 bits per heavy atom. The number of carboxylic acid groups (broad SMARTS) is 1. The van der Waals surface area contributed by atoms with E-state index in [-0.39, 0.29) is 11.6 Å². The van der Waals surface area contributed by atoms with Gasteiger partial charge in [-0.3, -0.25) is 4.79 Å². The lowest BCUT2D eigenvalue weighted by molar-refractivity contribution is 0.0688. The molecule has 8 nitrogen and oxygen atoms in total. The van der Waals surface area contributed by atoms with E-state index in [1.807, 2.05) is 49.4 Å². The SMILES string of the molecule is COCCOc1ccc2c(c1)Cc1c(C(=O)O)nnc(-c3cccc(N4Cc5ccc(Cl)cc5C4=O)c3C)c1-2. The molecule has 39 heavy (non-hydrogen) atoms. The summed E-state index contributed by atoms with van der Waals surface area (Å²) < 4.78 is 10.8. The number of fused-ring (bicyclic) bond motifs is 4. The van der Waals surface area contributed by atoms with E-state index < -0.39 is 5.97 Å². The predicted molar refractivity (Wildman–Crippen MR) is 147 cm³/mol. The second kappa shape index (κ2) is 9.80. The first-order chi connectivity index (χ1) is 18.9. The molecule has 1 aromatic heterocycles. The molecule has 1 N–H and O–H groups in total. The normalized spacial score (nSPS) is 13.3. The predicted octanol–water partition coefficient (Wildman–Crippen LogP) is 5.56. The van der Waals surface area contributed by atoms with Crippen molar-refractivity contribution in [3.8, 4) is 28.1 Å². The molecule has 0 saturated heterocycles. The average molecular weight is 542 g/mol. The van der Waals surface area contributed by atoms with E-state index in [0.29, 0.717) is 53.8 Å². The second-order valence-corrected chi connectivity index (χ2v) is 9.97. The summed E-state index contributed by atoms with van der Waals surface area (Å²) >= 11 is 6.15. The van der Waals surface area contributed by atoms with Crippen LogP contribution in [-0.4, -0.2) is 47.5 Å². The Kier molecular flexibility index (Phi) is 6.29. The van der Waals surface area contributed by atoms with Gasteiger partial charge in [0.1, 0.15) is 18.1 Å². The zero-order valence-corrected chi connectivity index (χ0v) is 22.1. The van der Waals surface area contributed by atoms with Crippen LogP contribution >= 0.6 is 11.6 Å². The fourth-order valence-corrected chi connectivity index (χ4v) is 5.59. The molecule has 0 bridgehead atoms. The molecule has 2 aliphatic rings. The minimum atomic E-state index is -1.13. The number of hydrogen-bond acceptors (Lipinski definition) is 6. The smallest absolute Gasteiger partial charge is 0.356 e. The molecule has 1 aliphatic carbocycles. The van der Waals surface area contributed by atoms with Gasteiger partial charge in [0.05, 0.1) is 13.2 Å². The van der Waals surface area contributed by atoms with Crippen LogP contribution in [0.2, 0.25) is 5.02 Å². The third-order valence-corrected chi connectivity index (χ3v) is 7.51. The number of amides is 1. The number of ether oxygens (including phenoxy) is 2. The molecule has 3 aromatic carbocycles. The molecular formula is C30H24ClN3O5. The molecule has 0 unspecified atom stereocenters. The maximum absolute atomic E-state index is 13.3. The zero-order chi connectivity index (χ0) is 27.3. The van der Waals surface area contributed by atoms with Crippen LogP contribution in [0.3, 0.4) is 0 Å². The van der Waals surface area contributed by atoms with Crippen molar-refractivity contribution < 1.29 is 24.2 Å². The van der Waals surface area contributed by atoms with E-state index >= 15 is 0 Å². The molecule has 2 heterocycles. The van der Waals surface area contributed by atoms with Gasteiger partial charge in [-0.15, -0.1) is 10.2 Å². The summed E-state index contributed by atoms with van der Waals surface area (Å²) in [6.45, 7) is 3.25. The van der Waals surface area contributed by atoms with Crippen LogP contribution in [0.4, 0.5) is 5.69 Å². The molecule has 0 fully saturated rings. The summed E-state index contributed by atoms with van der Waals surface area (Å²) in [6.07, 6.45) is 0.399. The minimum Gasteiger partial charge on any atom is -0.491 e. The Labute approximate surface area is 229 Å². The molecule has 6 rings (SSSR count). The lowest BCUT2D eigenvalue weighted by atomic mass is 9.95. The van der Waals surface area contributed by atoms with Gasteiger partial charge >= 0.3 is 5.97 Å². The van der Waals surface area contributed by atoms with Gasteiger partial charge in [0.2, 0.25) is 0 Å². The number of methoxy groups -OCH3 is 1. The summed E-state index contributed by atoms with van der Waals surface area (Å²) in [7, 11) is 1.61. The molecule has 196 valence electrons. The van der Waals surface area contributed by atoms with E-state index in [1.54, 1.807) is 24.1 Å². The number of anilines is 1. The summed E-state index contributed by atoms with van der Waals surface area (Å²) in [4.78, 5) is 27.1. The fraction of sp³-hybridized carbons (Fsp3) is 0.200. The molecule has 0 atom stereocenters. The number of carbonyl (C=O) groups is 2. The largest absolute Gasteiger partial charge is 0.491 e. The van der Waals surface area contributed by atoms with Crippen molar-refractivity contribution in [3.05, 3.63) is 93.1 Å². The van der Waals surface area contributed by atoms with Crippen LogP contribution in [-0.2, 0) is 17.7 Å². The van der Waals surface area contributed by atoms with E-state index in [0.717, 1.165) is 39.1 Å². The van der Waals surface area contributed by atoms with Crippen LogP contribution in [0.25, 0.3) is 22.4 Å². The molecular weight excluding hydrogens is 518 g/mol. The molecule has 1 aliphatic heterocycles. The van der Waals surface area contributed by atoms with Crippen molar-refractivity contribution in [2.24, 2.45) is 0 Å². The van der Waals surface area contributed by atoms with Crippen molar-refractivity contribution in [1.29, 1.82) is 0 Å². The quantitative estimate of drug-likeness (QED) is 0.269. The van der Waals surface area contributed by atoms with E-state index in [2.05, 4.69) is 10.2 Å². The summed E-state index contributed by atoms with van der Waals surface area (Å²) in [6, 6.07) is 16.8. The van der Waals surface area contributed by atoms with Gasteiger partial charge in [-0.2, -0.15) is 0 Å². The number of rotatable bonds is 7. The number of hydrogen-bond donors (Lipinski definition) is 1. The maximum Gasteiger partial charge on any atom is 0.356 e. The van der Waals surface area contributed by atoms with Gasteiger partial charge in [-0.1, -0.05) is 35.9 Å². The van der Waals surface area contributed by atoms with Gasteiger partial charge < -0.3 is 19.5 Å². The number of carbonyl (C=O) groups excluding carboxylic acids is 1. The standard InChI is InChI=1S/C30H24ClN3O5/c1-16-21(4-3-5-25(16)34-15-17-6-7-19(31)14-23(17)29(34)35)27-26-22-9-8-20(39-11-10-38-2)12-18(22)13-24(26)28(30(36)37)33-32-27/h3-9,12,14H,10-11,13,15H2,1-2H3,(H,36,37).